The summed E-state index contributed by atoms with van der Waals surface area (Å²) in [5.41, 5.74) is 3.37. The van der Waals surface area contributed by atoms with Crippen molar-refractivity contribution in [2.24, 2.45) is 0 Å². The molecule has 1 aliphatic heterocycles. The second-order valence-electron chi connectivity index (χ2n) is 11.1. The Bertz CT molecular complexity index is 1210. The minimum absolute atomic E-state index is 0.0666. The van der Waals surface area contributed by atoms with Gasteiger partial charge in [-0.25, -0.2) is 4.79 Å². The van der Waals surface area contributed by atoms with Crippen LogP contribution in [-0.2, 0) is 17.8 Å². The maximum Gasteiger partial charge on any atom is 0.338 e. The molecule has 5 rings (SSSR count). The molecule has 1 amide bonds. The molecule has 0 radical (unpaired) electrons. The summed E-state index contributed by atoms with van der Waals surface area (Å²) in [4.78, 5) is 28.6. The maximum atomic E-state index is 13.4. The fourth-order valence-electron chi connectivity index (χ4n) is 6.36. The molecule has 3 aromatic carbocycles. The number of carbonyl (C=O) groups is 2. The van der Waals surface area contributed by atoms with Gasteiger partial charge in [-0.05, 0) is 81.8 Å². The minimum atomic E-state index is -0.388. The molecule has 1 N–H and O–H groups in total. The van der Waals surface area contributed by atoms with Gasteiger partial charge < -0.3 is 10.1 Å². The summed E-state index contributed by atoms with van der Waals surface area (Å²) >= 11 is 0. The van der Waals surface area contributed by atoms with Crippen LogP contribution in [0.15, 0.2) is 84.9 Å². The van der Waals surface area contributed by atoms with Crippen molar-refractivity contribution in [3.63, 3.8) is 0 Å². The number of likely N-dealkylation sites (tertiary alicyclic amines) is 1. The predicted molar refractivity (Wildman–Crippen MR) is 155 cm³/mol. The molecule has 1 saturated carbocycles. The minimum Gasteiger partial charge on any atom is -0.457 e. The number of nitrogens with zero attached hydrogens (tertiary/aromatic N) is 1. The number of benzene rings is 3. The van der Waals surface area contributed by atoms with E-state index in [0.29, 0.717) is 11.1 Å². The molecule has 39 heavy (non-hydrogen) atoms. The van der Waals surface area contributed by atoms with Crippen molar-refractivity contribution in [3.8, 4) is 0 Å². The van der Waals surface area contributed by atoms with E-state index in [0.717, 1.165) is 37.7 Å². The van der Waals surface area contributed by atoms with Crippen molar-refractivity contribution >= 4 is 11.9 Å². The fraction of sp³-hybridized carbons (Fsp3) is 0.412. The standard InChI is InChI=1S/C34H40N2O3/c37-32(31-18-10-9-17-29(31)26-39-33(38)28-15-7-4-8-16-28)35-30-19-21-34(22-20-30,25-27-13-5-3-6-14-27)36-23-11-1-2-12-24-36/h3-10,13-18,30H,1-2,11-12,19-26H2,(H,35,37). The van der Waals surface area contributed by atoms with E-state index in [1.54, 1.807) is 12.1 Å². The van der Waals surface area contributed by atoms with E-state index in [2.05, 4.69) is 40.5 Å². The summed E-state index contributed by atoms with van der Waals surface area (Å²) in [6.07, 6.45) is 10.4. The van der Waals surface area contributed by atoms with Gasteiger partial charge in [0, 0.05) is 22.7 Å². The highest BCUT2D eigenvalue weighted by molar-refractivity contribution is 5.96. The fourth-order valence-corrected chi connectivity index (χ4v) is 6.36. The Balaban J connectivity index is 1.22. The van der Waals surface area contributed by atoms with Crippen LogP contribution >= 0.6 is 0 Å². The molecular weight excluding hydrogens is 484 g/mol. The number of hydrogen-bond donors (Lipinski definition) is 1. The van der Waals surface area contributed by atoms with E-state index in [9.17, 15) is 9.59 Å². The number of rotatable bonds is 8. The first-order valence-electron chi connectivity index (χ1n) is 14.5. The number of hydrogen-bond acceptors (Lipinski definition) is 4. The van der Waals surface area contributed by atoms with Gasteiger partial charge in [0.1, 0.15) is 6.61 Å². The smallest absolute Gasteiger partial charge is 0.338 e. The molecule has 2 aliphatic rings. The van der Waals surface area contributed by atoms with Crippen molar-refractivity contribution in [1.82, 2.24) is 10.2 Å². The molecule has 1 aliphatic carbocycles. The number of esters is 1. The highest BCUT2D eigenvalue weighted by atomic mass is 16.5. The molecular formula is C34H40N2O3. The number of ether oxygens (including phenoxy) is 1. The molecule has 0 aromatic heterocycles. The molecule has 5 nitrogen and oxygen atoms in total. The van der Waals surface area contributed by atoms with E-state index < -0.39 is 0 Å². The van der Waals surface area contributed by atoms with Gasteiger partial charge in [0.2, 0.25) is 0 Å². The third kappa shape index (κ3) is 6.96. The maximum absolute atomic E-state index is 13.4. The summed E-state index contributed by atoms with van der Waals surface area (Å²) in [6.45, 7) is 2.43. The summed E-state index contributed by atoms with van der Waals surface area (Å²) in [5, 5.41) is 3.31. The van der Waals surface area contributed by atoms with Crippen molar-refractivity contribution in [2.45, 2.75) is 76.0 Å². The molecule has 0 bridgehead atoms. The van der Waals surface area contributed by atoms with Crippen LogP contribution < -0.4 is 5.32 Å². The molecule has 3 aromatic rings. The van der Waals surface area contributed by atoms with Crippen LogP contribution in [0.2, 0.25) is 0 Å². The molecule has 1 heterocycles. The quantitative estimate of drug-likeness (QED) is 0.339. The Morgan fingerprint density at radius 2 is 1.41 bits per heavy atom. The van der Waals surface area contributed by atoms with Crippen LogP contribution in [0.1, 0.15) is 83.2 Å². The van der Waals surface area contributed by atoms with Crippen molar-refractivity contribution in [3.05, 3.63) is 107 Å². The largest absolute Gasteiger partial charge is 0.457 e. The monoisotopic (exact) mass is 524 g/mol. The molecule has 0 unspecified atom stereocenters. The average molecular weight is 525 g/mol. The Morgan fingerprint density at radius 3 is 2.10 bits per heavy atom. The molecule has 2 fully saturated rings. The van der Waals surface area contributed by atoms with Gasteiger partial charge in [-0.2, -0.15) is 0 Å². The first-order valence-corrected chi connectivity index (χ1v) is 14.5. The average Bonchev–Trinajstić information content (AvgIpc) is 3.28. The van der Waals surface area contributed by atoms with E-state index >= 15 is 0 Å². The lowest BCUT2D eigenvalue weighted by molar-refractivity contribution is 0.0427. The number of amides is 1. The summed E-state index contributed by atoms with van der Waals surface area (Å²) in [7, 11) is 0. The number of nitrogens with one attached hydrogen (secondary N) is 1. The number of carbonyl (C=O) groups excluding carboxylic acids is 2. The Hall–Kier alpha value is -3.44. The lowest BCUT2D eigenvalue weighted by atomic mass is 9.74. The van der Waals surface area contributed by atoms with Crippen LogP contribution in [0.5, 0.6) is 0 Å². The van der Waals surface area contributed by atoms with Crippen molar-refractivity contribution < 1.29 is 14.3 Å². The third-order valence-electron chi connectivity index (χ3n) is 8.53. The van der Waals surface area contributed by atoms with Gasteiger partial charge in [-0.15, -0.1) is 0 Å². The van der Waals surface area contributed by atoms with Gasteiger partial charge in [0.05, 0.1) is 5.56 Å². The van der Waals surface area contributed by atoms with Crippen molar-refractivity contribution in [2.75, 3.05) is 13.1 Å². The third-order valence-corrected chi connectivity index (χ3v) is 8.53. The Morgan fingerprint density at radius 1 is 0.795 bits per heavy atom. The zero-order valence-corrected chi connectivity index (χ0v) is 22.8. The SMILES string of the molecule is O=C(OCc1ccccc1C(=O)NC1CCC(Cc2ccccc2)(N2CCCCCC2)CC1)c1ccccc1. The lowest BCUT2D eigenvalue weighted by Gasteiger charge is -2.48. The summed E-state index contributed by atoms with van der Waals surface area (Å²) in [5.74, 6) is -0.474. The Labute approximate surface area is 232 Å². The molecule has 5 heteroatoms. The highest BCUT2D eigenvalue weighted by Crippen LogP contribution is 2.38. The van der Waals surface area contributed by atoms with Crippen LogP contribution in [0.4, 0.5) is 0 Å². The molecule has 0 spiro atoms. The normalized spacial score (nSPS) is 22.0. The van der Waals surface area contributed by atoms with E-state index in [-0.39, 0.29) is 30.1 Å². The summed E-state index contributed by atoms with van der Waals surface area (Å²) < 4.78 is 5.53. The lowest BCUT2D eigenvalue weighted by Crippen LogP contribution is -2.55. The summed E-state index contributed by atoms with van der Waals surface area (Å²) in [6, 6.07) is 27.4. The first kappa shape index (κ1) is 27.1. The van der Waals surface area contributed by atoms with Crippen LogP contribution in [0, 0.1) is 0 Å². The van der Waals surface area contributed by atoms with Gasteiger partial charge in [-0.1, -0.05) is 79.6 Å². The highest BCUT2D eigenvalue weighted by Gasteiger charge is 2.40. The molecule has 0 atom stereocenters. The van der Waals surface area contributed by atoms with Gasteiger partial charge in [0.15, 0.2) is 0 Å². The van der Waals surface area contributed by atoms with Crippen LogP contribution in [-0.4, -0.2) is 41.4 Å². The van der Waals surface area contributed by atoms with Crippen LogP contribution in [0.3, 0.4) is 0 Å². The zero-order chi connectivity index (χ0) is 26.9. The second-order valence-corrected chi connectivity index (χ2v) is 11.1. The molecule has 1 saturated heterocycles. The van der Waals surface area contributed by atoms with Crippen molar-refractivity contribution in [1.29, 1.82) is 0 Å². The van der Waals surface area contributed by atoms with E-state index in [1.165, 1.54) is 44.3 Å². The first-order chi connectivity index (χ1) is 19.1. The van der Waals surface area contributed by atoms with E-state index in [4.69, 9.17) is 4.74 Å². The van der Waals surface area contributed by atoms with E-state index in [1.807, 2.05) is 42.5 Å². The molecule has 204 valence electrons. The van der Waals surface area contributed by atoms with Gasteiger partial charge in [0.25, 0.3) is 5.91 Å². The Kier molecular flexibility index (Phi) is 9.10. The topological polar surface area (TPSA) is 58.6 Å². The second kappa shape index (κ2) is 13.1. The van der Waals surface area contributed by atoms with Gasteiger partial charge in [-0.3, -0.25) is 9.69 Å². The predicted octanol–water partition coefficient (Wildman–Crippen LogP) is 6.57. The zero-order valence-electron chi connectivity index (χ0n) is 22.8. The van der Waals surface area contributed by atoms with Crippen LogP contribution in [0.25, 0.3) is 0 Å². The van der Waals surface area contributed by atoms with Gasteiger partial charge >= 0.3 is 5.97 Å².